The van der Waals surface area contributed by atoms with Crippen LogP contribution in [0.15, 0.2) is 0 Å². The summed E-state index contributed by atoms with van der Waals surface area (Å²) in [5.41, 5.74) is 1.71. The van der Waals surface area contributed by atoms with Gasteiger partial charge in [-0.05, 0) is 39.5 Å². The number of alkyl carbamates (subject to hydrolysis) is 1. The first kappa shape index (κ1) is 17.5. The molecule has 0 saturated heterocycles. The molecule has 21 heavy (non-hydrogen) atoms. The Morgan fingerprint density at radius 3 is 2.29 bits per heavy atom. The van der Waals surface area contributed by atoms with E-state index < -0.39 is 11.7 Å². The fraction of sp³-hybridized carbons (Fsp3) is 0.750. The second-order valence-corrected chi connectivity index (χ2v) is 6.62. The minimum absolute atomic E-state index is 0.176. The van der Waals surface area contributed by atoms with E-state index in [4.69, 9.17) is 4.74 Å². The maximum atomic E-state index is 12.0. The Hall–Kier alpha value is -1.52. The molecule has 0 fully saturated rings. The summed E-state index contributed by atoms with van der Waals surface area (Å²) in [5.74, 6) is 1.03. The van der Waals surface area contributed by atoms with Gasteiger partial charge in [0, 0.05) is 5.69 Å². The van der Waals surface area contributed by atoms with Crippen molar-refractivity contribution in [2.24, 2.45) is 5.92 Å². The lowest BCUT2D eigenvalue weighted by atomic mass is 10.0. The molecule has 1 amide bonds. The fourth-order valence-electron chi connectivity index (χ4n) is 2.19. The number of amides is 1. The van der Waals surface area contributed by atoms with Crippen LogP contribution in [0.25, 0.3) is 0 Å². The normalized spacial score (nSPS) is 13.3. The van der Waals surface area contributed by atoms with E-state index in [1.165, 1.54) is 0 Å². The molecule has 1 aromatic heterocycles. The highest BCUT2D eigenvalue weighted by molar-refractivity contribution is 5.68. The van der Waals surface area contributed by atoms with Crippen LogP contribution >= 0.6 is 0 Å². The minimum atomic E-state index is -0.502. The zero-order valence-electron chi connectivity index (χ0n) is 14.3. The number of hydrogen-bond donors (Lipinski definition) is 2. The predicted octanol–water partition coefficient (Wildman–Crippen LogP) is 3.76. The highest BCUT2D eigenvalue weighted by Crippen LogP contribution is 2.22. The Kier molecular flexibility index (Phi) is 5.81. The molecule has 0 spiro atoms. The number of carbonyl (C=O) groups is 1. The van der Waals surface area contributed by atoms with Crippen LogP contribution in [0, 0.1) is 5.92 Å². The van der Waals surface area contributed by atoms with Crippen LogP contribution in [-0.2, 0) is 17.6 Å². The summed E-state index contributed by atoms with van der Waals surface area (Å²) in [7, 11) is 0. The smallest absolute Gasteiger partial charge is 0.408 e. The summed E-state index contributed by atoms with van der Waals surface area (Å²) in [6.07, 6.45) is 1.39. The van der Waals surface area contributed by atoms with Gasteiger partial charge in [0.2, 0.25) is 0 Å². The number of aromatic nitrogens is 2. The van der Waals surface area contributed by atoms with Crippen molar-refractivity contribution < 1.29 is 9.53 Å². The topological polar surface area (TPSA) is 67.0 Å². The molecule has 120 valence electrons. The number of carbonyl (C=O) groups excluding carboxylic acids is 1. The van der Waals surface area contributed by atoms with Crippen LogP contribution in [0.3, 0.4) is 0 Å². The fourth-order valence-corrected chi connectivity index (χ4v) is 2.19. The molecule has 1 heterocycles. The molecule has 5 heteroatoms. The SMILES string of the molecule is CCc1nc([C@@H](NC(=O)OC(C)(C)C)C(C)C)[nH]c1CC. The molecule has 1 rings (SSSR count). The van der Waals surface area contributed by atoms with Crippen LogP contribution in [0.2, 0.25) is 0 Å². The number of imidazole rings is 1. The molecular formula is C16H29N3O2. The van der Waals surface area contributed by atoms with E-state index in [0.717, 1.165) is 30.1 Å². The van der Waals surface area contributed by atoms with Gasteiger partial charge in [-0.1, -0.05) is 27.7 Å². The molecule has 0 aromatic carbocycles. The standard InChI is InChI=1S/C16H29N3O2/c1-8-11-12(9-2)18-14(17-11)13(10(3)4)19-15(20)21-16(5,6)7/h10,13H,8-9H2,1-7H3,(H,17,18)(H,19,20)/t13-/m0/s1. The average molecular weight is 295 g/mol. The lowest BCUT2D eigenvalue weighted by molar-refractivity contribution is 0.0486. The first-order valence-corrected chi connectivity index (χ1v) is 7.75. The maximum absolute atomic E-state index is 12.0. The molecular weight excluding hydrogens is 266 g/mol. The molecule has 0 saturated carbocycles. The zero-order valence-corrected chi connectivity index (χ0v) is 14.3. The Morgan fingerprint density at radius 2 is 1.90 bits per heavy atom. The largest absolute Gasteiger partial charge is 0.444 e. The number of nitrogens with zero attached hydrogens (tertiary/aromatic N) is 1. The number of ether oxygens (including phenoxy) is 1. The van der Waals surface area contributed by atoms with Crippen molar-refractivity contribution >= 4 is 6.09 Å². The van der Waals surface area contributed by atoms with Crippen molar-refractivity contribution in [3.05, 3.63) is 17.2 Å². The van der Waals surface area contributed by atoms with Crippen molar-refractivity contribution in [2.75, 3.05) is 0 Å². The number of aryl methyl sites for hydroxylation is 2. The van der Waals surface area contributed by atoms with E-state index in [-0.39, 0.29) is 12.0 Å². The van der Waals surface area contributed by atoms with Crippen molar-refractivity contribution in [2.45, 2.75) is 73.0 Å². The quantitative estimate of drug-likeness (QED) is 0.869. The number of rotatable bonds is 5. The highest BCUT2D eigenvalue weighted by Gasteiger charge is 2.25. The van der Waals surface area contributed by atoms with Gasteiger partial charge in [0.05, 0.1) is 11.7 Å². The molecule has 5 nitrogen and oxygen atoms in total. The predicted molar refractivity (Wildman–Crippen MR) is 84.3 cm³/mol. The van der Waals surface area contributed by atoms with E-state index in [1.54, 1.807) is 0 Å². The second-order valence-electron chi connectivity index (χ2n) is 6.62. The maximum Gasteiger partial charge on any atom is 0.408 e. The summed E-state index contributed by atoms with van der Waals surface area (Å²) >= 11 is 0. The highest BCUT2D eigenvalue weighted by atomic mass is 16.6. The Labute approximate surface area is 127 Å². The first-order valence-electron chi connectivity index (χ1n) is 7.75. The molecule has 1 aromatic rings. The number of H-pyrrole nitrogens is 1. The average Bonchev–Trinajstić information content (AvgIpc) is 2.76. The van der Waals surface area contributed by atoms with E-state index >= 15 is 0 Å². The van der Waals surface area contributed by atoms with Gasteiger partial charge in [0.25, 0.3) is 0 Å². The molecule has 0 aliphatic carbocycles. The van der Waals surface area contributed by atoms with Crippen LogP contribution in [-0.4, -0.2) is 21.7 Å². The van der Waals surface area contributed by atoms with Crippen molar-refractivity contribution in [3.63, 3.8) is 0 Å². The van der Waals surface area contributed by atoms with E-state index in [2.05, 4.69) is 43.0 Å². The summed E-state index contributed by atoms with van der Waals surface area (Å²) in [5, 5.41) is 2.92. The third-order valence-electron chi connectivity index (χ3n) is 3.20. The van der Waals surface area contributed by atoms with Gasteiger partial charge in [-0.3, -0.25) is 0 Å². The van der Waals surface area contributed by atoms with Gasteiger partial charge in [-0.2, -0.15) is 0 Å². The van der Waals surface area contributed by atoms with Crippen molar-refractivity contribution in [1.82, 2.24) is 15.3 Å². The summed E-state index contributed by atoms with van der Waals surface area (Å²) in [4.78, 5) is 20.0. The number of aromatic amines is 1. The van der Waals surface area contributed by atoms with Gasteiger partial charge in [-0.15, -0.1) is 0 Å². The second kappa shape index (κ2) is 6.96. The molecule has 0 bridgehead atoms. The molecule has 0 aliphatic rings. The number of nitrogens with one attached hydrogen (secondary N) is 2. The molecule has 0 aliphatic heterocycles. The summed E-state index contributed by atoms with van der Waals surface area (Å²) in [6.45, 7) is 13.9. The van der Waals surface area contributed by atoms with Crippen LogP contribution in [0.5, 0.6) is 0 Å². The Balaban J connectivity index is 2.92. The van der Waals surface area contributed by atoms with Gasteiger partial charge >= 0.3 is 6.09 Å². The molecule has 2 N–H and O–H groups in total. The lowest BCUT2D eigenvalue weighted by Gasteiger charge is -2.24. The van der Waals surface area contributed by atoms with E-state index in [1.807, 2.05) is 20.8 Å². The van der Waals surface area contributed by atoms with Crippen LogP contribution < -0.4 is 5.32 Å². The van der Waals surface area contributed by atoms with Gasteiger partial charge < -0.3 is 15.0 Å². The van der Waals surface area contributed by atoms with Gasteiger partial charge in [-0.25, -0.2) is 9.78 Å². The molecule has 0 unspecified atom stereocenters. The van der Waals surface area contributed by atoms with Crippen LogP contribution in [0.4, 0.5) is 4.79 Å². The zero-order chi connectivity index (χ0) is 16.2. The number of hydrogen-bond acceptors (Lipinski definition) is 3. The Bertz CT molecular complexity index is 451. The minimum Gasteiger partial charge on any atom is -0.444 e. The Morgan fingerprint density at radius 1 is 1.29 bits per heavy atom. The van der Waals surface area contributed by atoms with E-state index in [0.29, 0.717) is 0 Å². The summed E-state index contributed by atoms with van der Waals surface area (Å²) in [6, 6.07) is -0.176. The third-order valence-corrected chi connectivity index (χ3v) is 3.20. The summed E-state index contributed by atoms with van der Waals surface area (Å²) < 4.78 is 5.34. The van der Waals surface area contributed by atoms with Crippen molar-refractivity contribution in [3.8, 4) is 0 Å². The van der Waals surface area contributed by atoms with Crippen LogP contribution in [0.1, 0.15) is 71.7 Å². The lowest BCUT2D eigenvalue weighted by Crippen LogP contribution is -2.37. The monoisotopic (exact) mass is 295 g/mol. The molecule has 1 atom stereocenters. The molecule has 0 radical (unpaired) electrons. The van der Waals surface area contributed by atoms with E-state index in [9.17, 15) is 4.79 Å². The van der Waals surface area contributed by atoms with Gasteiger partial charge in [0.15, 0.2) is 0 Å². The first-order chi connectivity index (χ1) is 9.67. The third kappa shape index (κ3) is 5.06. The van der Waals surface area contributed by atoms with Crippen molar-refractivity contribution in [1.29, 1.82) is 0 Å². The van der Waals surface area contributed by atoms with Gasteiger partial charge in [0.1, 0.15) is 11.4 Å².